The Morgan fingerprint density at radius 2 is 2.00 bits per heavy atom. The molecular formula is C20H21N3O3. The number of hydrogen-bond acceptors (Lipinski definition) is 3. The molecule has 0 aliphatic heterocycles. The summed E-state index contributed by atoms with van der Waals surface area (Å²) in [6, 6.07) is 9.45. The van der Waals surface area contributed by atoms with Gasteiger partial charge in [0.15, 0.2) is 0 Å². The van der Waals surface area contributed by atoms with Gasteiger partial charge in [-0.05, 0) is 48.9 Å². The second kappa shape index (κ2) is 6.44. The van der Waals surface area contributed by atoms with E-state index >= 15 is 0 Å². The zero-order chi connectivity index (χ0) is 18.3. The average Bonchev–Trinajstić information content (AvgIpc) is 3.37. The van der Waals surface area contributed by atoms with Crippen molar-refractivity contribution in [1.29, 1.82) is 0 Å². The third-order valence-electron chi connectivity index (χ3n) is 5.55. The van der Waals surface area contributed by atoms with Crippen LogP contribution in [0.2, 0.25) is 0 Å². The monoisotopic (exact) mass is 351 g/mol. The molecule has 1 aromatic carbocycles. The first-order valence-corrected chi connectivity index (χ1v) is 8.86. The smallest absolute Gasteiger partial charge is 0.307 e. The number of nitrogens with zero attached hydrogens (tertiary/aromatic N) is 2. The molecule has 0 unspecified atom stereocenters. The van der Waals surface area contributed by atoms with Crippen molar-refractivity contribution in [3.05, 3.63) is 60.4 Å². The second-order valence-corrected chi connectivity index (χ2v) is 7.11. The SMILES string of the molecule is C[C@H](NC(=O)[C@H]1[C@H](C(=O)O)[C@H]2C=C[C@H]1C2)c1cccc(-n2cccn2)c1. The van der Waals surface area contributed by atoms with Crippen LogP contribution in [0.25, 0.3) is 5.69 Å². The van der Waals surface area contributed by atoms with Crippen LogP contribution in [0.5, 0.6) is 0 Å². The van der Waals surface area contributed by atoms with Crippen molar-refractivity contribution in [2.75, 3.05) is 0 Å². The quantitative estimate of drug-likeness (QED) is 0.811. The Kier molecular flexibility index (Phi) is 4.11. The van der Waals surface area contributed by atoms with E-state index in [-0.39, 0.29) is 23.8 Å². The molecule has 5 atom stereocenters. The van der Waals surface area contributed by atoms with Crippen LogP contribution in [-0.2, 0) is 9.59 Å². The Morgan fingerprint density at radius 3 is 2.69 bits per heavy atom. The van der Waals surface area contributed by atoms with Crippen molar-refractivity contribution in [3.8, 4) is 5.69 Å². The summed E-state index contributed by atoms with van der Waals surface area (Å²) in [7, 11) is 0. The zero-order valence-corrected chi connectivity index (χ0v) is 14.4. The van der Waals surface area contributed by atoms with E-state index in [0.29, 0.717) is 0 Å². The van der Waals surface area contributed by atoms with Crippen LogP contribution in [0.4, 0.5) is 0 Å². The van der Waals surface area contributed by atoms with E-state index in [0.717, 1.165) is 17.7 Å². The fraction of sp³-hybridized carbons (Fsp3) is 0.350. The maximum atomic E-state index is 12.8. The minimum atomic E-state index is -0.879. The molecule has 2 aliphatic carbocycles. The first-order valence-electron chi connectivity index (χ1n) is 8.86. The van der Waals surface area contributed by atoms with Crippen LogP contribution in [0.15, 0.2) is 54.9 Å². The van der Waals surface area contributed by atoms with Gasteiger partial charge in [0.05, 0.1) is 23.6 Å². The third-order valence-corrected chi connectivity index (χ3v) is 5.55. The highest BCUT2D eigenvalue weighted by Crippen LogP contribution is 2.48. The first-order chi connectivity index (χ1) is 12.5. The zero-order valence-electron chi connectivity index (χ0n) is 14.4. The highest BCUT2D eigenvalue weighted by molar-refractivity contribution is 5.87. The molecule has 1 fully saturated rings. The summed E-state index contributed by atoms with van der Waals surface area (Å²) in [5.41, 5.74) is 1.87. The number of benzene rings is 1. The molecule has 0 spiro atoms. The molecule has 6 nitrogen and oxygen atoms in total. The van der Waals surface area contributed by atoms with Gasteiger partial charge in [-0.1, -0.05) is 24.3 Å². The highest BCUT2D eigenvalue weighted by Gasteiger charge is 2.51. The minimum Gasteiger partial charge on any atom is -0.481 e. The van der Waals surface area contributed by atoms with Crippen LogP contribution in [0.1, 0.15) is 24.9 Å². The van der Waals surface area contributed by atoms with Crippen LogP contribution in [0.3, 0.4) is 0 Å². The molecule has 2 aromatic rings. The van der Waals surface area contributed by atoms with Crippen LogP contribution < -0.4 is 5.32 Å². The predicted octanol–water partition coefficient (Wildman–Crippen LogP) is 2.57. The number of fused-ring (bicyclic) bond motifs is 2. The Hall–Kier alpha value is -2.89. The number of carboxylic acids is 1. The lowest BCUT2D eigenvalue weighted by molar-refractivity contribution is -0.148. The Labute approximate surface area is 151 Å². The number of aromatic nitrogens is 2. The molecule has 4 rings (SSSR count). The van der Waals surface area contributed by atoms with Gasteiger partial charge in [-0.2, -0.15) is 5.10 Å². The van der Waals surface area contributed by atoms with E-state index in [2.05, 4.69) is 10.4 Å². The molecule has 1 heterocycles. The molecule has 2 N–H and O–H groups in total. The topological polar surface area (TPSA) is 84.2 Å². The van der Waals surface area contributed by atoms with Gasteiger partial charge in [-0.3, -0.25) is 9.59 Å². The molecule has 6 heteroatoms. The summed E-state index contributed by atoms with van der Waals surface area (Å²) in [5.74, 6) is -2.15. The number of hydrogen-bond donors (Lipinski definition) is 2. The van der Waals surface area contributed by atoms with Crippen LogP contribution in [0, 0.1) is 23.7 Å². The molecule has 2 aliphatic rings. The maximum absolute atomic E-state index is 12.8. The first kappa shape index (κ1) is 16.6. The Balaban J connectivity index is 1.51. The van der Waals surface area contributed by atoms with E-state index in [1.54, 1.807) is 10.9 Å². The Morgan fingerprint density at radius 1 is 1.23 bits per heavy atom. The normalized spacial score (nSPS) is 27.4. The third kappa shape index (κ3) is 2.81. The van der Waals surface area contributed by atoms with E-state index in [1.807, 2.05) is 55.6 Å². The standard InChI is InChI=1S/C20H21N3O3/c1-12(13-4-2-5-16(11-13)23-9-3-8-21-23)22-19(24)17-14-6-7-15(10-14)18(17)20(25)26/h2-9,11-12,14-15,17-18H,10H2,1H3,(H,22,24)(H,25,26)/t12-,14-,15-,17+,18+/m0/s1. The number of carboxylic acid groups (broad SMARTS) is 1. The van der Waals surface area contributed by atoms with E-state index in [4.69, 9.17) is 0 Å². The second-order valence-electron chi connectivity index (χ2n) is 7.11. The number of rotatable bonds is 5. The number of nitrogens with one attached hydrogen (secondary N) is 1. The van der Waals surface area contributed by atoms with Crippen molar-refractivity contribution >= 4 is 11.9 Å². The van der Waals surface area contributed by atoms with Gasteiger partial charge >= 0.3 is 5.97 Å². The van der Waals surface area contributed by atoms with Gasteiger partial charge in [0.1, 0.15) is 0 Å². The number of aliphatic carboxylic acids is 1. The number of amides is 1. The molecule has 0 saturated heterocycles. The lowest BCUT2D eigenvalue weighted by Crippen LogP contribution is -2.41. The molecule has 1 amide bonds. The molecular weight excluding hydrogens is 330 g/mol. The maximum Gasteiger partial charge on any atom is 0.307 e. The fourth-order valence-electron chi connectivity index (χ4n) is 4.27. The lowest BCUT2D eigenvalue weighted by Gasteiger charge is -2.26. The van der Waals surface area contributed by atoms with E-state index < -0.39 is 17.8 Å². The van der Waals surface area contributed by atoms with Crippen LogP contribution >= 0.6 is 0 Å². The van der Waals surface area contributed by atoms with Crippen molar-refractivity contribution < 1.29 is 14.7 Å². The number of carbonyl (C=O) groups is 2. The molecule has 2 bridgehead atoms. The van der Waals surface area contributed by atoms with E-state index in [1.165, 1.54) is 0 Å². The summed E-state index contributed by atoms with van der Waals surface area (Å²) in [4.78, 5) is 24.4. The fourth-order valence-corrected chi connectivity index (χ4v) is 4.27. The van der Waals surface area contributed by atoms with Gasteiger partial charge in [0, 0.05) is 12.4 Å². The molecule has 0 radical (unpaired) electrons. The molecule has 134 valence electrons. The average molecular weight is 351 g/mol. The minimum absolute atomic E-state index is 0.0216. The largest absolute Gasteiger partial charge is 0.481 e. The summed E-state index contributed by atoms with van der Waals surface area (Å²) in [5, 5.41) is 16.8. The molecule has 26 heavy (non-hydrogen) atoms. The van der Waals surface area contributed by atoms with Gasteiger partial charge in [-0.15, -0.1) is 0 Å². The summed E-state index contributed by atoms with van der Waals surface area (Å²) < 4.78 is 1.76. The van der Waals surface area contributed by atoms with Crippen molar-refractivity contribution in [2.45, 2.75) is 19.4 Å². The Bertz CT molecular complexity index is 859. The van der Waals surface area contributed by atoms with Crippen molar-refractivity contribution in [2.24, 2.45) is 23.7 Å². The summed E-state index contributed by atoms with van der Waals surface area (Å²) in [6.45, 7) is 1.92. The van der Waals surface area contributed by atoms with Gasteiger partial charge in [0.25, 0.3) is 0 Å². The predicted molar refractivity (Wildman–Crippen MR) is 95.5 cm³/mol. The van der Waals surface area contributed by atoms with Crippen molar-refractivity contribution in [1.82, 2.24) is 15.1 Å². The van der Waals surface area contributed by atoms with Gasteiger partial charge < -0.3 is 10.4 Å². The number of allylic oxidation sites excluding steroid dienone is 2. The molecule has 1 aromatic heterocycles. The van der Waals surface area contributed by atoms with Gasteiger partial charge in [-0.25, -0.2) is 4.68 Å². The van der Waals surface area contributed by atoms with Crippen molar-refractivity contribution in [3.63, 3.8) is 0 Å². The lowest BCUT2D eigenvalue weighted by atomic mass is 9.82. The van der Waals surface area contributed by atoms with Gasteiger partial charge in [0.2, 0.25) is 5.91 Å². The molecule has 1 saturated carbocycles. The summed E-state index contributed by atoms with van der Waals surface area (Å²) >= 11 is 0. The highest BCUT2D eigenvalue weighted by atomic mass is 16.4. The summed E-state index contributed by atoms with van der Waals surface area (Å²) in [6.07, 6.45) is 8.29. The number of carbonyl (C=O) groups excluding carboxylic acids is 1. The van der Waals surface area contributed by atoms with Crippen LogP contribution in [-0.4, -0.2) is 26.8 Å². The van der Waals surface area contributed by atoms with E-state index in [9.17, 15) is 14.7 Å².